The minimum absolute atomic E-state index is 0.00922. The van der Waals surface area contributed by atoms with E-state index in [9.17, 15) is 5.11 Å². The van der Waals surface area contributed by atoms with E-state index in [0.29, 0.717) is 29.7 Å². The Hall–Kier alpha value is -2.69. The number of hydrogen-bond acceptors (Lipinski definition) is 10. The van der Waals surface area contributed by atoms with E-state index in [0.717, 1.165) is 41.0 Å². The minimum Gasteiger partial charge on any atom is -0.494 e. The third-order valence-electron chi connectivity index (χ3n) is 5.19. The molecule has 0 aliphatic heterocycles. The van der Waals surface area contributed by atoms with Crippen molar-refractivity contribution in [1.29, 1.82) is 0 Å². The number of benzene rings is 1. The largest absolute Gasteiger partial charge is 0.494 e. The van der Waals surface area contributed by atoms with Crippen LogP contribution in [0.4, 0.5) is 11.1 Å². The second kappa shape index (κ2) is 10.1. The Balaban J connectivity index is 1.48. The lowest BCUT2D eigenvalue weighted by Crippen LogP contribution is -2.36. The zero-order valence-corrected chi connectivity index (χ0v) is 18.2. The molecular formula is C21H27N5O4S. The maximum absolute atomic E-state index is 10.2. The molecule has 2 atom stereocenters. The SMILES string of the molecule is COc1cc(OCc2ccnc(NCCO)n2)cc2sc(NC3CCCC[C@@H]3O)nc12. The fraction of sp³-hybridized carbons (Fsp3) is 0.476. The number of rotatable bonds is 9. The van der Waals surface area contributed by atoms with Crippen molar-refractivity contribution >= 4 is 32.6 Å². The first-order valence-electron chi connectivity index (χ1n) is 10.4. The summed E-state index contributed by atoms with van der Waals surface area (Å²) >= 11 is 1.52. The van der Waals surface area contributed by atoms with Crippen LogP contribution in [0.15, 0.2) is 24.4 Å². The Bertz CT molecular complexity index is 1010. The molecule has 166 valence electrons. The van der Waals surface area contributed by atoms with Gasteiger partial charge >= 0.3 is 0 Å². The number of nitrogens with zero attached hydrogens (tertiary/aromatic N) is 3. The summed E-state index contributed by atoms with van der Waals surface area (Å²) in [6.07, 6.45) is 5.25. The fourth-order valence-corrected chi connectivity index (χ4v) is 4.57. The van der Waals surface area contributed by atoms with E-state index in [-0.39, 0.29) is 25.4 Å². The van der Waals surface area contributed by atoms with Gasteiger partial charge in [0.25, 0.3) is 0 Å². The van der Waals surface area contributed by atoms with E-state index in [1.807, 2.05) is 12.1 Å². The number of anilines is 2. The van der Waals surface area contributed by atoms with Crippen molar-refractivity contribution in [3.8, 4) is 11.5 Å². The molecule has 2 aromatic heterocycles. The van der Waals surface area contributed by atoms with Crippen LogP contribution in [0.3, 0.4) is 0 Å². The molecule has 1 saturated carbocycles. The van der Waals surface area contributed by atoms with Gasteiger partial charge in [-0.05, 0) is 25.0 Å². The van der Waals surface area contributed by atoms with Gasteiger partial charge in [0.1, 0.15) is 23.6 Å². The number of hydrogen-bond donors (Lipinski definition) is 4. The van der Waals surface area contributed by atoms with Gasteiger partial charge in [-0.25, -0.2) is 15.0 Å². The number of ether oxygens (including phenoxy) is 2. The molecule has 10 heteroatoms. The van der Waals surface area contributed by atoms with Crippen LogP contribution in [0, 0.1) is 0 Å². The predicted molar refractivity (Wildman–Crippen MR) is 120 cm³/mol. The normalized spacial score (nSPS) is 18.7. The van der Waals surface area contributed by atoms with Crippen LogP contribution >= 0.6 is 11.3 Å². The standard InChI is InChI=1S/C21H27N5O4S/c1-29-17-10-14(30-12-13-6-7-22-20(24-13)23-8-9-27)11-18-19(17)26-21(31-18)25-15-4-2-3-5-16(15)28/h6-7,10-11,15-16,27-28H,2-5,8-9,12H2,1H3,(H,25,26)(H,22,23,24)/t15?,16-/m0/s1. The Morgan fingerprint density at radius 1 is 1.23 bits per heavy atom. The quantitative estimate of drug-likeness (QED) is 0.394. The maximum atomic E-state index is 10.2. The van der Waals surface area contributed by atoms with Gasteiger partial charge in [-0.15, -0.1) is 0 Å². The lowest BCUT2D eigenvalue weighted by molar-refractivity contribution is 0.116. The van der Waals surface area contributed by atoms with Crippen LogP contribution < -0.4 is 20.1 Å². The van der Waals surface area contributed by atoms with Crippen LogP contribution in [0.2, 0.25) is 0 Å². The number of aliphatic hydroxyl groups is 2. The Morgan fingerprint density at radius 2 is 2.10 bits per heavy atom. The van der Waals surface area contributed by atoms with Crippen LogP contribution in [0.1, 0.15) is 31.4 Å². The Morgan fingerprint density at radius 3 is 2.90 bits per heavy atom. The summed E-state index contributed by atoms with van der Waals surface area (Å²) in [6, 6.07) is 5.56. The molecule has 3 aromatic rings. The first-order chi connectivity index (χ1) is 15.2. The molecule has 1 aliphatic rings. The third-order valence-corrected chi connectivity index (χ3v) is 6.12. The summed E-state index contributed by atoms with van der Waals surface area (Å²) in [4.78, 5) is 13.2. The Kier molecular flexibility index (Phi) is 7.00. The predicted octanol–water partition coefficient (Wildman–Crippen LogP) is 2.79. The first kappa shape index (κ1) is 21.5. The van der Waals surface area contributed by atoms with E-state index in [2.05, 4.69) is 25.6 Å². The van der Waals surface area contributed by atoms with Gasteiger partial charge < -0.3 is 30.3 Å². The molecule has 0 radical (unpaired) electrons. The molecule has 0 bridgehead atoms. The molecule has 4 rings (SSSR count). The zero-order chi connectivity index (χ0) is 21.6. The van der Waals surface area contributed by atoms with Crippen molar-refractivity contribution in [3.05, 3.63) is 30.1 Å². The topological polar surface area (TPSA) is 122 Å². The first-order valence-corrected chi connectivity index (χ1v) is 11.2. The molecule has 0 spiro atoms. The van der Waals surface area contributed by atoms with Crippen molar-refractivity contribution in [1.82, 2.24) is 15.0 Å². The van der Waals surface area contributed by atoms with Crippen LogP contribution in [0.25, 0.3) is 10.2 Å². The number of thiazole rings is 1. The van der Waals surface area contributed by atoms with Gasteiger partial charge in [-0.3, -0.25) is 0 Å². The molecule has 9 nitrogen and oxygen atoms in total. The van der Waals surface area contributed by atoms with Crippen molar-refractivity contribution in [2.75, 3.05) is 30.9 Å². The average molecular weight is 446 g/mol. The minimum atomic E-state index is -0.342. The van der Waals surface area contributed by atoms with Crippen molar-refractivity contribution in [2.45, 2.75) is 44.4 Å². The smallest absolute Gasteiger partial charge is 0.223 e. The van der Waals surface area contributed by atoms with Crippen molar-refractivity contribution < 1.29 is 19.7 Å². The van der Waals surface area contributed by atoms with E-state index >= 15 is 0 Å². The zero-order valence-electron chi connectivity index (χ0n) is 17.4. The summed E-state index contributed by atoms with van der Waals surface area (Å²) < 4.78 is 12.4. The lowest BCUT2D eigenvalue weighted by Gasteiger charge is -2.27. The summed E-state index contributed by atoms with van der Waals surface area (Å²) in [5.74, 6) is 1.74. The van der Waals surface area contributed by atoms with Gasteiger partial charge in [0.2, 0.25) is 5.95 Å². The van der Waals surface area contributed by atoms with Crippen LogP contribution in [0.5, 0.6) is 11.5 Å². The highest BCUT2D eigenvalue weighted by Gasteiger charge is 2.24. The fourth-order valence-electron chi connectivity index (χ4n) is 3.60. The number of fused-ring (bicyclic) bond motifs is 1. The van der Waals surface area contributed by atoms with Crippen molar-refractivity contribution in [3.63, 3.8) is 0 Å². The van der Waals surface area contributed by atoms with Gasteiger partial charge in [0.05, 0.1) is 36.3 Å². The number of aliphatic hydroxyl groups excluding tert-OH is 2. The van der Waals surface area contributed by atoms with Gasteiger partial charge in [0, 0.05) is 18.8 Å². The third kappa shape index (κ3) is 5.33. The number of nitrogens with one attached hydrogen (secondary N) is 2. The van der Waals surface area contributed by atoms with Crippen LogP contribution in [-0.4, -0.2) is 57.6 Å². The van der Waals surface area contributed by atoms with Gasteiger partial charge in [-0.2, -0.15) is 0 Å². The summed E-state index contributed by atoms with van der Waals surface area (Å²) in [5, 5.41) is 26.3. The molecule has 2 heterocycles. The molecule has 1 aliphatic carbocycles. The molecule has 1 unspecified atom stereocenters. The molecule has 31 heavy (non-hydrogen) atoms. The molecule has 4 N–H and O–H groups in total. The maximum Gasteiger partial charge on any atom is 0.223 e. The highest BCUT2D eigenvalue weighted by molar-refractivity contribution is 7.22. The second-order valence-electron chi connectivity index (χ2n) is 7.40. The molecule has 0 saturated heterocycles. The highest BCUT2D eigenvalue weighted by atomic mass is 32.1. The molecule has 1 aromatic carbocycles. The van der Waals surface area contributed by atoms with Gasteiger partial charge in [-0.1, -0.05) is 24.2 Å². The van der Waals surface area contributed by atoms with E-state index in [1.165, 1.54) is 11.3 Å². The van der Waals surface area contributed by atoms with E-state index in [4.69, 9.17) is 14.6 Å². The van der Waals surface area contributed by atoms with Crippen molar-refractivity contribution in [2.24, 2.45) is 0 Å². The number of aromatic nitrogens is 3. The summed E-state index contributed by atoms with van der Waals surface area (Å²) in [7, 11) is 1.61. The lowest BCUT2D eigenvalue weighted by atomic mass is 9.93. The van der Waals surface area contributed by atoms with E-state index < -0.39 is 0 Å². The van der Waals surface area contributed by atoms with Gasteiger partial charge in [0.15, 0.2) is 5.13 Å². The monoisotopic (exact) mass is 445 g/mol. The van der Waals surface area contributed by atoms with Crippen LogP contribution in [-0.2, 0) is 6.61 Å². The molecular weight excluding hydrogens is 418 g/mol. The molecule has 0 amide bonds. The summed E-state index contributed by atoms with van der Waals surface area (Å²) in [6.45, 7) is 0.663. The van der Waals surface area contributed by atoms with E-state index in [1.54, 1.807) is 19.4 Å². The number of methoxy groups -OCH3 is 1. The Labute approximate surface area is 184 Å². The highest BCUT2D eigenvalue weighted by Crippen LogP contribution is 2.37. The average Bonchev–Trinajstić information content (AvgIpc) is 3.20. The summed E-state index contributed by atoms with van der Waals surface area (Å²) in [5.41, 5.74) is 1.48. The molecule has 1 fully saturated rings. The second-order valence-corrected chi connectivity index (χ2v) is 8.44.